The summed E-state index contributed by atoms with van der Waals surface area (Å²) in [5.74, 6) is -0.340. The van der Waals surface area contributed by atoms with Gasteiger partial charge in [-0.15, -0.1) is 0 Å². The summed E-state index contributed by atoms with van der Waals surface area (Å²) in [5, 5.41) is 3.73. The maximum Gasteiger partial charge on any atom is 0.226 e. The van der Waals surface area contributed by atoms with Gasteiger partial charge in [0.1, 0.15) is 5.82 Å². The molecule has 1 N–H and O–H groups in total. The molecule has 1 aliphatic carbocycles. The number of nitrogens with one attached hydrogen (secondary N) is 1. The third-order valence-electron chi connectivity index (χ3n) is 4.68. The Labute approximate surface area is 129 Å². The standard InChI is InChI=1S/C16H20ClFN2O/c1-20(10-5-7-19-8-6-10)16(21)12-9-11(12)15-13(17)3-2-4-14(15)18/h2-4,10-12,19H,5-9H2,1H3/t11-,12+/m1/s1. The number of carbonyl (C=O) groups excluding carboxylic acids is 1. The largest absolute Gasteiger partial charge is 0.342 e. The van der Waals surface area contributed by atoms with E-state index in [0.29, 0.717) is 23.0 Å². The molecule has 0 bridgehead atoms. The molecule has 1 aromatic rings. The first kappa shape index (κ1) is 14.8. The van der Waals surface area contributed by atoms with Crippen molar-refractivity contribution in [2.75, 3.05) is 20.1 Å². The lowest BCUT2D eigenvalue weighted by molar-refractivity contribution is -0.133. The second kappa shape index (κ2) is 5.93. The molecule has 1 aliphatic heterocycles. The molecule has 1 heterocycles. The number of piperidine rings is 1. The lowest BCUT2D eigenvalue weighted by atomic mass is 10.0. The number of rotatable bonds is 3. The highest BCUT2D eigenvalue weighted by atomic mass is 35.5. The van der Waals surface area contributed by atoms with Crippen molar-refractivity contribution in [1.82, 2.24) is 10.2 Å². The van der Waals surface area contributed by atoms with Crippen LogP contribution in [0.25, 0.3) is 0 Å². The highest BCUT2D eigenvalue weighted by molar-refractivity contribution is 6.31. The van der Waals surface area contributed by atoms with E-state index in [-0.39, 0.29) is 23.6 Å². The Morgan fingerprint density at radius 3 is 2.76 bits per heavy atom. The van der Waals surface area contributed by atoms with Gasteiger partial charge in [-0.05, 0) is 44.5 Å². The molecular formula is C16H20ClFN2O. The van der Waals surface area contributed by atoms with Crippen LogP contribution in [0.1, 0.15) is 30.7 Å². The Morgan fingerprint density at radius 1 is 1.38 bits per heavy atom. The lowest BCUT2D eigenvalue weighted by Gasteiger charge is -2.32. The van der Waals surface area contributed by atoms with Crippen LogP contribution in [0, 0.1) is 11.7 Å². The Bertz CT molecular complexity index is 525. The zero-order valence-corrected chi connectivity index (χ0v) is 12.9. The highest BCUT2D eigenvalue weighted by Gasteiger charge is 2.48. The van der Waals surface area contributed by atoms with Crippen molar-refractivity contribution in [3.63, 3.8) is 0 Å². The zero-order valence-electron chi connectivity index (χ0n) is 12.1. The Balaban J connectivity index is 1.68. The van der Waals surface area contributed by atoms with Crippen LogP contribution in [-0.4, -0.2) is 37.0 Å². The molecule has 3 nitrogen and oxygen atoms in total. The van der Waals surface area contributed by atoms with Crippen molar-refractivity contribution >= 4 is 17.5 Å². The second-order valence-corrected chi connectivity index (χ2v) is 6.42. The van der Waals surface area contributed by atoms with Crippen molar-refractivity contribution in [3.8, 4) is 0 Å². The van der Waals surface area contributed by atoms with E-state index in [1.807, 2.05) is 11.9 Å². The van der Waals surface area contributed by atoms with Crippen LogP contribution in [0.4, 0.5) is 4.39 Å². The highest BCUT2D eigenvalue weighted by Crippen LogP contribution is 2.51. The topological polar surface area (TPSA) is 32.3 Å². The first-order chi connectivity index (χ1) is 10.1. The molecule has 5 heteroatoms. The van der Waals surface area contributed by atoms with E-state index in [4.69, 9.17) is 11.6 Å². The summed E-state index contributed by atoms with van der Waals surface area (Å²) in [6.07, 6.45) is 2.68. The van der Waals surface area contributed by atoms with Crippen molar-refractivity contribution in [1.29, 1.82) is 0 Å². The van der Waals surface area contributed by atoms with Crippen molar-refractivity contribution < 1.29 is 9.18 Å². The zero-order chi connectivity index (χ0) is 15.0. The summed E-state index contributed by atoms with van der Waals surface area (Å²) in [4.78, 5) is 14.4. The number of nitrogens with zero attached hydrogens (tertiary/aromatic N) is 1. The van der Waals surface area contributed by atoms with Gasteiger partial charge in [0, 0.05) is 35.5 Å². The fourth-order valence-corrected chi connectivity index (χ4v) is 3.59. The Hall–Kier alpha value is -1.13. The molecule has 2 atom stereocenters. The van der Waals surface area contributed by atoms with Gasteiger partial charge in [0.2, 0.25) is 5.91 Å². The first-order valence-electron chi connectivity index (χ1n) is 7.51. The molecule has 21 heavy (non-hydrogen) atoms. The summed E-state index contributed by atoms with van der Waals surface area (Å²) < 4.78 is 13.9. The Kier molecular flexibility index (Phi) is 4.18. The summed E-state index contributed by atoms with van der Waals surface area (Å²) in [6, 6.07) is 5.01. The second-order valence-electron chi connectivity index (χ2n) is 6.01. The normalized spacial score (nSPS) is 25.7. The SMILES string of the molecule is CN(C(=O)[C@H]1C[C@H]1c1c(F)cccc1Cl)C1CCNCC1. The van der Waals surface area contributed by atoms with Crippen LogP contribution in [-0.2, 0) is 4.79 Å². The lowest BCUT2D eigenvalue weighted by Crippen LogP contribution is -2.44. The summed E-state index contributed by atoms with van der Waals surface area (Å²) >= 11 is 6.09. The van der Waals surface area contributed by atoms with Crippen LogP contribution in [0.15, 0.2) is 18.2 Å². The van der Waals surface area contributed by atoms with Crippen LogP contribution < -0.4 is 5.32 Å². The minimum Gasteiger partial charge on any atom is -0.342 e. The molecule has 1 amide bonds. The monoisotopic (exact) mass is 310 g/mol. The van der Waals surface area contributed by atoms with E-state index in [2.05, 4.69) is 5.32 Å². The van der Waals surface area contributed by atoms with Gasteiger partial charge >= 0.3 is 0 Å². The predicted molar refractivity (Wildman–Crippen MR) is 80.9 cm³/mol. The summed E-state index contributed by atoms with van der Waals surface area (Å²) in [7, 11) is 1.87. The number of amides is 1. The molecule has 2 aliphatic rings. The molecule has 1 saturated heterocycles. The van der Waals surface area contributed by atoms with Crippen LogP contribution in [0.3, 0.4) is 0 Å². The molecule has 0 radical (unpaired) electrons. The van der Waals surface area contributed by atoms with Crippen LogP contribution in [0.5, 0.6) is 0 Å². The summed E-state index contributed by atoms with van der Waals surface area (Å²) in [6.45, 7) is 1.91. The van der Waals surface area contributed by atoms with Gasteiger partial charge in [-0.1, -0.05) is 17.7 Å². The average Bonchev–Trinajstić information content (AvgIpc) is 3.27. The van der Waals surface area contributed by atoms with Gasteiger partial charge in [-0.2, -0.15) is 0 Å². The molecule has 0 unspecified atom stereocenters. The van der Waals surface area contributed by atoms with Gasteiger partial charge in [0.05, 0.1) is 0 Å². The van der Waals surface area contributed by atoms with E-state index in [1.54, 1.807) is 12.1 Å². The molecule has 0 spiro atoms. The molecule has 1 saturated carbocycles. The van der Waals surface area contributed by atoms with Crippen LogP contribution in [0.2, 0.25) is 5.02 Å². The maximum atomic E-state index is 13.9. The third kappa shape index (κ3) is 2.92. The third-order valence-corrected chi connectivity index (χ3v) is 5.01. The van der Waals surface area contributed by atoms with E-state index in [9.17, 15) is 9.18 Å². The fourth-order valence-electron chi connectivity index (χ4n) is 3.29. The van der Waals surface area contributed by atoms with E-state index < -0.39 is 0 Å². The van der Waals surface area contributed by atoms with Crippen molar-refractivity contribution in [3.05, 3.63) is 34.6 Å². The Morgan fingerprint density at radius 2 is 2.10 bits per heavy atom. The van der Waals surface area contributed by atoms with Gasteiger partial charge in [0.15, 0.2) is 0 Å². The molecule has 3 rings (SSSR count). The van der Waals surface area contributed by atoms with Gasteiger partial charge < -0.3 is 10.2 Å². The number of hydrogen-bond acceptors (Lipinski definition) is 2. The van der Waals surface area contributed by atoms with Crippen LogP contribution >= 0.6 is 11.6 Å². The molecule has 114 valence electrons. The number of benzene rings is 1. The minimum absolute atomic E-state index is 0.0598. The number of carbonyl (C=O) groups is 1. The van der Waals surface area contributed by atoms with E-state index in [0.717, 1.165) is 25.9 Å². The smallest absolute Gasteiger partial charge is 0.226 e. The van der Waals surface area contributed by atoms with Crippen molar-refractivity contribution in [2.24, 2.45) is 5.92 Å². The average molecular weight is 311 g/mol. The van der Waals surface area contributed by atoms with Gasteiger partial charge in [-0.25, -0.2) is 4.39 Å². The summed E-state index contributed by atoms with van der Waals surface area (Å²) in [5.41, 5.74) is 0.510. The number of hydrogen-bond donors (Lipinski definition) is 1. The maximum absolute atomic E-state index is 13.9. The van der Waals surface area contributed by atoms with Gasteiger partial charge in [0.25, 0.3) is 0 Å². The van der Waals surface area contributed by atoms with E-state index >= 15 is 0 Å². The quantitative estimate of drug-likeness (QED) is 0.931. The predicted octanol–water partition coefficient (Wildman–Crippen LogP) is 2.79. The van der Waals surface area contributed by atoms with Gasteiger partial charge in [-0.3, -0.25) is 4.79 Å². The van der Waals surface area contributed by atoms with Crippen molar-refractivity contribution in [2.45, 2.75) is 31.2 Å². The molecule has 1 aromatic carbocycles. The minimum atomic E-state index is -0.299. The number of halogens is 2. The fraction of sp³-hybridized carbons (Fsp3) is 0.562. The van der Waals surface area contributed by atoms with E-state index in [1.165, 1.54) is 6.07 Å². The first-order valence-corrected chi connectivity index (χ1v) is 7.88. The molecule has 0 aromatic heterocycles. The molecule has 2 fully saturated rings. The molecular weight excluding hydrogens is 291 g/mol.